The zero-order valence-electron chi connectivity index (χ0n) is 18.7. The van der Waals surface area contributed by atoms with Gasteiger partial charge in [-0.2, -0.15) is 0 Å². The van der Waals surface area contributed by atoms with Gasteiger partial charge in [-0.05, 0) is 60.0 Å². The highest BCUT2D eigenvalue weighted by molar-refractivity contribution is 6.30. The van der Waals surface area contributed by atoms with E-state index in [9.17, 15) is 4.79 Å². The molecule has 0 N–H and O–H groups in total. The van der Waals surface area contributed by atoms with Crippen molar-refractivity contribution in [2.24, 2.45) is 5.92 Å². The molecule has 5 nitrogen and oxygen atoms in total. The lowest BCUT2D eigenvalue weighted by molar-refractivity contribution is -0.141. The normalized spacial score (nSPS) is 21.0. The van der Waals surface area contributed by atoms with Crippen molar-refractivity contribution in [2.75, 3.05) is 39.5 Å². The second kappa shape index (κ2) is 9.80. The largest absolute Gasteiger partial charge is 0.381 e. The lowest BCUT2D eigenvalue weighted by Gasteiger charge is -2.40. The zero-order valence-corrected chi connectivity index (χ0v) is 19.5. The summed E-state index contributed by atoms with van der Waals surface area (Å²) in [5.74, 6) is 0.430. The molecule has 3 aromatic rings. The molecule has 2 aliphatic rings. The van der Waals surface area contributed by atoms with Crippen molar-refractivity contribution < 1.29 is 14.3 Å². The van der Waals surface area contributed by atoms with Crippen LogP contribution in [0, 0.1) is 5.92 Å². The summed E-state index contributed by atoms with van der Waals surface area (Å²) in [6, 6.07) is 16.3. The number of nitrogens with zero attached hydrogens (tertiary/aromatic N) is 2. The molecule has 0 bridgehead atoms. The summed E-state index contributed by atoms with van der Waals surface area (Å²) in [4.78, 5) is 20.3. The average Bonchev–Trinajstić information content (AvgIpc) is 3.10. The summed E-state index contributed by atoms with van der Waals surface area (Å²) in [5, 5.41) is 3.01. The number of hydrogen-bond acceptors (Lipinski definition) is 4. The molecular formula is C27H29ClN2O3. The molecule has 172 valence electrons. The van der Waals surface area contributed by atoms with E-state index in [0.29, 0.717) is 57.4 Å². The minimum atomic E-state index is -0.563. The van der Waals surface area contributed by atoms with Crippen LogP contribution >= 0.6 is 11.6 Å². The summed E-state index contributed by atoms with van der Waals surface area (Å²) in [6.45, 7) is 3.72. The van der Waals surface area contributed by atoms with Gasteiger partial charge in [0, 0.05) is 55.0 Å². The van der Waals surface area contributed by atoms with E-state index in [4.69, 9.17) is 21.1 Å². The number of hydrogen-bond donors (Lipinski definition) is 0. The Bertz CT molecular complexity index is 1110. The number of amides is 1. The fraction of sp³-hybridized carbons (Fsp3) is 0.407. The fourth-order valence-electron chi connectivity index (χ4n) is 5.20. The van der Waals surface area contributed by atoms with Crippen LogP contribution in [0.4, 0.5) is 0 Å². The molecule has 0 unspecified atom stereocenters. The molecule has 0 radical (unpaired) electrons. The Morgan fingerprint density at radius 2 is 1.85 bits per heavy atom. The van der Waals surface area contributed by atoms with Crippen molar-refractivity contribution in [2.45, 2.75) is 24.7 Å². The summed E-state index contributed by atoms with van der Waals surface area (Å²) in [5.41, 5.74) is 1.72. The maximum atomic E-state index is 14.1. The second-order valence-electron chi connectivity index (χ2n) is 9.15. The highest BCUT2D eigenvalue weighted by Gasteiger charge is 2.44. The summed E-state index contributed by atoms with van der Waals surface area (Å²) < 4.78 is 11.6. The number of aromatic nitrogens is 1. The van der Waals surface area contributed by atoms with Crippen molar-refractivity contribution in [3.05, 3.63) is 77.1 Å². The molecule has 0 saturated carbocycles. The Balaban J connectivity index is 1.37. The molecule has 2 aromatic carbocycles. The van der Waals surface area contributed by atoms with Crippen molar-refractivity contribution in [1.29, 1.82) is 0 Å². The van der Waals surface area contributed by atoms with Crippen molar-refractivity contribution >= 4 is 28.3 Å². The lowest BCUT2D eigenvalue weighted by Crippen LogP contribution is -2.51. The standard InChI is InChI=1S/C27H29ClN2O3/c28-25-5-3-24(4-6-25)27(8-12-32-13-9-27)26(31)30-11-14-33-19-21(18-30)15-20-1-2-22-7-10-29-17-23(22)16-20/h1-7,10,16-17,21H,8-9,11-15,18-19H2/t21-/m0/s1. The van der Waals surface area contributed by atoms with Crippen LogP contribution in [0.15, 0.2) is 60.9 Å². The highest BCUT2D eigenvalue weighted by Crippen LogP contribution is 2.38. The molecule has 5 rings (SSSR count). The maximum Gasteiger partial charge on any atom is 0.233 e. The molecule has 33 heavy (non-hydrogen) atoms. The van der Waals surface area contributed by atoms with Crippen molar-refractivity contribution in [1.82, 2.24) is 9.88 Å². The summed E-state index contributed by atoms with van der Waals surface area (Å²) in [7, 11) is 0. The quantitative estimate of drug-likeness (QED) is 0.563. The van der Waals surface area contributed by atoms with E-state index >= 15 is 0 Å². The van der Waals surface area contributed by atoms with Crippen molar-refractivity contribution in [3.8, 4) is 0 Å². The molecular weight excluding hydrogens is 436 g/mol. The Morgan fingerprint density at radius 1 is 1.03 bits per heavy atom. The molecule has 1 aromatic heterocycles. The van der Waals surface area contributed by atoms with Gasteiger partial charge in [-0.15, -0.1) is 0 Å². The SMILES string of the molecule is O=C(N1CCOC[C@@H](Cc2ccc3ccncc3c2)C1)C1(c2ccc(Cl)cc2)CCOCC1. The van der Waals surface area contributed by atoms with Gasteiger partial charge < -0.3 is 14.4 Å². The van der Waals surface area contributed by atoms with Gasteiger partial charge in [-0.25, -0.2) is 0 Å². The molecule has 2 saturated heterocycles. The van der Waals surface area contributed by atoms with Gasteiger partial charge in [0.2, 0.25) is 5.91 Å². The van der Waals surface area contributed by atoms with Gasteiger partial charge in [0.1, 0.15) is 0 Å². The van der Waals surface area contributed by atoms with Gasteiger partial charge in [0.05, 0.1) is 18.6 Å². The molecule has 0 aliphatic carbocycles. The van der Waals surface area contributed by atoms with Crippen molar-refractivity contribution in [3.63, 3.8) is 0 Å². The molecule has 2 fully saturated rings. The Morgan fingerprint density at radius 3 is 2.67 bits per heavy atom. The number of ether oxygens (including phenoxy) is 2. The van der Waals surface area contributed by atoms with Crippen LogP contribution in [0.1, 0.15) is 24.0 Å². The zero-order chi connectivity index (χ0) is 22.7. The summed E-state index contributed by atoms with van der Waals surface area (Å²) >= 11 is 6.14. The molecule has 3 heterocycles. The Hall–Kier alpha value is -2.47. The second-order valence-corrected chi connectivity index (χ2v) is 9.59. The molecule has 2 aliphatic heterocycles. The molecule has 6 heteroatoms. The molecule has 0 spiro atoms. The smallest absolute Gasteiger partial charge is 0.233 e. The fourth-order valence-corrected chi connectivity index (χ4v) is 5.33. The highest BCUT2D eigenvalue weighted by atomic mass is 35.5. The molecule has 1 atom stereocenters. The van der Waals surface area contributed by atoms with Gasteiger partial charge in [0.15, 0.2) is 0 Å². The van der Waals surface area contributed by atoms with E-state index in [0.717, 1.165) is 17.4 Å². The van der Waals surface area contributed by atoms with Crippen LogP contribution in [0.3, 0.4) is 0 Å². The van der Waals surface area contributed by atoms with Gasteiger partial charge in [0.25, 0.3) is 0 Å². The first kappa shape index (κ1) is 22.3. The third-order valence-electron chi connectivity index (χ3n) is 7.01. The predicted molar refractivity (Wildman–Crippen MR) is 130 cm³/mol. The Labute approximate surface area is 199 Å². The number of carbonyl (C=O) groups is 1. The number of pyridine rings is 1. The Kier molecular flexibility index (Phi) is 6.63. The van der Waals surface area contributed by atoms with Gasteiger partial charge in [-0.3, -0.25) is 9.78 Å². The number of carbonyl (C=O) groups excluding carboxylic acids is 1. The number of fused-ring (bicyclic) bond motifs is 1. The van der Waals surface area contributed by atoms with E-state index < -0.39 is 5.41 Å². The third-order valence-corrected chi connectivity index (χ3v) is 7.26. The number of benzene rings is 2. The maximum absolute atomic E-state index is 14.1. The topological polar surface area (TPSA) is 51.7 Å². The minimum absolute atomic E-state index is 0.186. The average molecular weight is 465 g/mol. The minimum Gasteiger partial charge on any atom is -0.381 e. The molecule has 1 amide bonds. The van der Waals surface area contributed by atoms with Gasteiger partial charge in [-0.1, -0.05) is 35.9 Å². The number of halogens is 1. The van der Waals surface area contributed by atoms with E-state index in [1.54, 1.807) is 0 Å². The van der Waals surface area contributed by atoms with E-state index in [1.807, 2.05) is 47.6 Å². The van der Waals surface area contributed by atoms with E-state index in [2.05, 4.69) is 23.2 Å². The van der Waals surface area contributed by atoms with E-state index in [-0.39, 0.29) is 11.8 Å². The third kappa shape index (κ3) is 4.77. The van der Waals surface area contributed by atoms with Crippen LogP contribution in [-0.2, 0) is 26.1 Å². The summed E-state index contributed by atoms with van der Waals surface area (Å²) in [6.07, 6.45) is 5.96. The van der Waals surface area contributed by atoms with E-state index in [1.165, 1.54) is 10.9 Å². The van der Waals surface area contributed by atoms with Gasteiger partial charge >= 0.3 is 0 Å². The lowest BCUT2D eigenvalue weighted by atomic mass is 9.73. The number of rotatable bonds is 4. The monoisotopic (exact) mass is 464 g/mol. The first-order valence-electron chi connectivity index (χ1n) is 11.7. The van der Waals surface area contributed by atoms with Crippen LogP contribution in [0.2, 0.25) is 5.02 Å². The van der Waals surface area contributed by atoms with Crippen LogP contribution in [0.25, 0.3) is 10.8 Å². The predicted octanol–water partition coefficient (Wildman–Crippen LogP) is 4.65. The van der Waals surface area contributed by atoms with Crippen LogP contribution in [-0.4, -0.2) is 55.3 Å². The first-order valence-corrected chi connectivity index (χ1v) is 12.1. The first-order chi connectivity index (χ1) is 16.1. The van der Waals surface area contributed by atoms with Crippen LogP contribution in [0.5, 0.6) is 0 Å². The van der Waals surface area contributed by atoms with Crippen LogP contribution < -0.4 is 0 Å².